The van der Waals surface area contributed by atoms with Crippen molar-refractivity contribution in [2.24, 2.45) is 0 Å². The first kappa shape index (κ1) is 17.0. The zero-order valence-electron chi connectivity index (χ0n) is 8.93. The molecule has 0 aromatic heterocycles. The lowest BCUT2D eigenvalue weighted by Gasteiger charge is -2.02. The second-order valence-electron chi connectivity index (χ2n) is 2.60. The average molecular weight is 242 g/mol. The van der Waals surface area contributed by atoms with Gasteiger partial charge in [-0.15, -0.1) is 0 Å². The normalized spacial score (nSPS) is 10.4. The second-order valence-corrected chi connectivity index (χ2v) is 4.25. The van der Waals surface area contributed by atoms with Gasteiger partial charge >= 0.3 is 13.6 Å². The van der Waals surface area contributed by atoms with Gasteiger partial charge in [-0.05, 0) is 13.1 Å². The van der Waals surface area contributed by atoms with Crippen LogP contribution in [0.5, 0.6) is 0 Å². The van der Waals surface area contributed by atoms with Crippen molar-refractivity contribution >= 4 is 13.6 Å². The third kappa shape index (κ3) is 24.7. The highest BCUT2D eigenvalue weighted by Gasteiger charge is 2.11. The average Bonchev–Trinajstić information content (AvgIpc) is 2.03. The van der Waals surface area contributed by atoms with Gasteiger partial charge in [0.2, 0.25) is 0 Å². The fourth-order valence-corrected chi connectivity index (χ4v) is 0.962. The van der Waals surface area contributed by atoms with E-state index in [1.54, 1.807) is 0 Å². The van der Waals surface area contributed by atoms with Crippen LogP contribution in [0.1, 0.15) is 13.8 Å². The molecule has 0 radical (unpaired) electrons. The minimum Gasteiger partial charge on any atom is -0.480 e. The minimum absolute atomic E-state index is 0.439. The van der Waals surface area contributed by atoms with Crippen molar-refractivity contribution in [1.29, 1.82) is 0 Å². The molecule has 8 heteroatoms. The Morgan fingerprint density at radius 2 is 1.67 bits per heavy atom. The number of carboxylic acid groups (broad SMARTS) is 1. The van der Waals surface area contributed by atoms with Gasteiger partial charge in [-0.1, -0.05) is 13.8 Å². The van der Waals surface area contributed by atoms with Crippen molar-refractivity contribution in [3.05, 3.63) is 0 Å². The van der Waals surface area contributed by atoms with E-state index in [1.807, 2.05) is 0 Å². The molecular formula is C7H19N2O5P. The van der Waals surface area contributed by atoms with Crippen LogP contribution in [-0.2, 0) is 9.36 Å². The predicted octanol–water partition coefficient (Wildman–Crippen LogP) is -0.588. The predicted molar refractivity (Wildman–Crippen MR) is 56.8 cm³/mol. The zero-order chi connectivity index (χ0) is 12.3. The molecule has 0 amide bonds. The summed E-state index contributed by atoms with van der Waals surface area (Å²) in [4.78, 5) is 26.1. The van der Waals surface area contributed by atoms with Crippen LogP contribution in [-0.4, -0.2) is 46.8 Å². The first-order chi connectivity index (χ1) is 6.83. The van der Waals surface area contributed by atoms with E-state index >= 15 is 0 Å². The molecule has 0 atom stereocenters. The molecule has 0 saturated carbocycles. The Labute approximate surface area is 89.0 Å². The van der Waals surface area contributed by atoms with E-state index in [1.165, 1.54) is 0 Å². The molecule has 92 valence electrons. The highest BCUT2D eigenvalue weighted by atomic mass is 31.2. The molecular weight excluding hydrogens is 223 g/mol. The molecule has 0 spiro atoms. The van der Waals surface area contributed by atoms with Gasteiger partial charge in [0.25, 0.3) is 0 Å². The molecule has 5 N–H and O–H groups in total. The van der Waals surface area contributed by atoms with Crippen LogP contribution in [0.15, 0.2) is 0 Å². The van der Waals surface area contributed by atoms with E-state index in [0.717, 1.165) is 13.1 Å². The van der Waals surface area contributed by atoms with E-state index in [4.69, 9.17) is 14.9 Å². The third-order valence-electron chi connectivity index (χ3n) is 1.09. The van der Waals surface area contributed by atoms with Crippen LogP contribution < -0.4 is 10.6 Å². The molecule has 0 aliphatic rings. The van der Waals surface area contributed by atoms with E-state index < -0.39 is 26.4 Å². The van der Waals surface area contributed by atoms with E-state index in [-0.39, 0.29) is 0 Å². The molecule has 0 saturated heterocycles. The Balaban J connectivity index is 0. The molecule has 0 aromatic rings. The third-order valence-corrected chi connectivity index (χ3v) is 1.73. The van der Waals surface area contributed by atoms with Crippen molar-refractivity contribution < 1.29 is 24.3 Å². The van der Waals surface area contributed by atoms with Crippen LogP contribution in [0, 0.1) is 0 Å². The molecule has 0 heterocycles. The van der Waals surface area contributed by atoms with Gasteiger partial charge in [-0.2, -0.15) is 0 Å². The van der Waals surface area contributed by atoms with Gasteiger partial charge in [-0.3, -0.25) is 14.7 Å². The van der Waals surface area contributed by atoms with Crippen molar-refractivity contribution in [2.45, 2.75) is 13.8 Å². The van der Waals surface area contributed by atoms with Crippen LogP contribution >= 0.6 is 7.60 Å². The number of rotatable bonds is 6. The molecule has 0 aliphatic heterocycles. The van der Waals surface area contributed by atoms with Gasteiger partial charge in [0, 0.05) is 0 Å². The first-order valence-electron chi connectivity index (χ1n) is 4.51. The Kier molecular flexibility index (Phi) is 11.4. The Morgan fingerprint density at radius 1 is 1.20 bits per heavy atom. The van der Waals surface area contributed by atoms with Crippen LogP contribution in [0.4, 0.5) is 0 Å². The molecule has 15 heavy (non-hydrogen) atoms. The molecule has 0 rings (SSSR count). The fraction of sp³-hybridized carbons (Fsp3) is 0.857. The summed E-state index contributed by atoms with van der Waals surface area (Å²) in [5, 5.41) is 13.2. The molecule has 0 bridgehead atoms. The number of hydrogen-bond acceptors (Lipinski definition) is 4. The maximum absolute atomic E-state index is 10.1. The lowest BCUT2D eigenvalue weighted by atomic mass is 10.7. The lowest BCUT2D eigenvalue weighted by Crippen LogP contribution is -2.23. The van der Waals surface area contributed by atoms with Crippen molar-refractivity contribution in [3.63, 3.8) is 0 Å². The summed E-state index contributed by atoms with van der Waals surface area (Å²) in [6.07, 6.45) is -0.598. The molecule has 0 aromatic carbocycles. The van der Waals surface area contributed by atoms with Crippen LogP contribution in [0.25, 0.3) is 0 Å². The second kappa shape index (κ2) is 10.1. The number of aliphatic carboxylic acids is 1. The van der Waals surface area contributed by atoms with Crippen molar-refractivity contribution in [1.82, 2.24) is 10.6 Å². The van der Waals surface area contributed by atoms with Crippen molar-refractivity contribution in [3.8, 4) is 0 Å². The fourth-order valence-electron chi connectivity index (χ4n) is 0.558. The molecule has 0 aliphatic carbocycles. The lowest BCUT2D eigenvalue weighted by molar-refractivity contribution is -0.135. The number of hydrogen-bond donors (Lipinski definition) is 5. The minimum atomic E-state index is -4.10. The molecule has 0 fully saturated rings. The Hall–Kier alpha value is -0.460. The van der Waals surface area contributed by atoms with E-state index in [0.29, 0.717) is 0 Å². The Bertz CT molecular complexity index is 204. The summed E-state index contributed by atoms with van der Waals surface area (Å²) >= 11 is 0. The summed E-state index contributed by atoms with van der Waals surface area (Å²) < 4.78 is 10.1. The summed E-state index contributed by atoms with van der Waals surface area (Å²) in [6, 6.07) is 0. The highest BCUT2D eigenvalue weighted by molar-refractivity contribution is 7.51. The first-order valence-corrected chi connectivity index (χ1v) is 6.31. The topological polar surface area (TPSA) is 119 Å². The standard InChI is InChI=1S/C4H11N.C3H8NO5P/c1-3-5-4-2;5-3(6)1-4-2-10(7,8)9/h5H,3-4H2,1-2H3;4H,1-2H2,(H,5,6)(H2,7,8,9). The summed E-state index contributed by atoms with van der Waals surface area (Å²) in [7, 11) is -4.10. The van der Waals surface area contributed by atoms with Gasteiger partial charge < -0.3 is 20.2 Å². The monoisotopic (exact) mass is 242 g/mol. The summed E-state index contributed by atoms with van der Waals surface area (Å²) in [5.41, 5.74) is 0. The molecule has 7 nitrogen and oxygen atoms in total. The number of carbonyl (C=O) groups is 1. The number of carboxylic acids is 1. The summed E-state index contributed by atoms with van der Waals surface area (Å²) in [5.74, 6) is -1.14. The van der Waals surface area contributed by atoms with E-state index in [2.05, 4.69) is 24.5 Å². The van der Waals surface area contributed by atoms with Gasteiger partial charge in [0.05, 0.1) is 12.8 Å². The van der Waals surface area contributed by atoms with Gasteiger partial charge in [-0.25, -0.2) is 0 Å². The maximum atomic E-state index is 10.1. The maximum Gasteiger partial charge on any atom is 0.339 e. The Morgan fingerprint density at radius 3 is 1.87 bits per heavy atom. The highest BCUT2D eigenvalue weighted by Crippen LogP contribution is 2.31. The summed E-state index contributed by atoms with van der Waals surface area (Å²) in [6.45, 7) is 5.95. The quantitative estimate of drug-likeness (QED) is 0.395. The van der Waals surface area contributed by atoms with E-state index in [9.17, 15) is 9.36 Å². The largest absolute Gasteiger partial charge is 0.480 e. The SMILES string of the molecule is CCNCC.O=C(O)CNCP(=O)(O)O. The number of nitrogens with one attached hydrogen (secondary N) is 2. The van der Waals surface area contributed by atoms with Gasteiger partial charge in [0.15, 0.2) is 0 Å². The van der Waals surface area contributed by atoms with Crippen molar-refractivity contribution in [2.75, 3.05) is 25.9 Å². The van der Waals surface area contributed by atoms with Crippen LogP contribution in [0.3, 0.4) is 0 Å². The zero-order valence-corrected chi connectivity index (χ0v) is 9.83. The van der Waals surface area contributed by atoms with Gasteiger partial charge in [0.1, 0.15) is 0 Å². The molecule has 0 unspecified atom stereocenters. The smallest absolute Gasteiger partial charge is 0.339 e. The van der Waals surface area contributed by atoms with Crippen LogP contribution in [0.2, 0.25) is 0 Å².